The number of nitrogen functional groups attached to an aromatic ring is 1. The minimum atomic E-state index is -0.287. The van der Waals surface area contributed by atoms with Gasteiger partial charge in [0.05, 0.1) is 6.20 Å². The van der Waals surface area contributed by atoms with Crippen LogP contribution in [-0.4, -0.2) is 40.3 Å². The highest BCUT2D eigenvalue weighted by molar-refractivity contribution is 7.17. The van der Waals surface area contributed by atoms with E-state index in [1.54, 1.807) is 10.9 Å². The Bertz CT molecular complexity index is 892. The number of carbonyl (C=O) groups excluding carboxylic acids is 1. The van der Waals surface area contributed by atoms with E-state index < -0.39 is 0 Å². The third-order valence-electron chi connectivity index (χ3n) is 5.59. The minimum absolute atomic E-state index is 0.287. The average Bonchev–Trinajstić information content (AvgIpc) is 3.42. The number of nitrogens with zero attached hydrogens (tertiary/aromatic N) is 4. The molecule has 2 aliphatic rings. The quantitative estimate of drug-likeness (QED) is 0.709. The summed E-state index contributed by atoms with van der Waals surface area (Å²) in [5.41, 5.74) is 14.1. The molecule has 0 bridgehead atoms. The number of piperidine rings is 1. The van der Waals surface area contributed by atoms with Gasteiger partial charge in [0.15, 0.2) is 11.5 Å². The van der Waals surface area contributed by atoms with Gasteiger partial charge in [-0.2, -0.15) is 5.10 Å². The summed E-state index contributed by atoms with van der Waals surface area (Å²) in [6.07, 6.45) is 9.17. The Morgan fingerprint density at radius 2 is 2.18 bits per heavy atom. The number of carbonyl (C=O) groups is 1. The number of nitrogens with one attached hydrogen (secondary N) is 1. The average molecular weight is 402 g/mol. The van der Waals surface area contributed by atoms with Gasteiger partial charge in [-0.25, -0.2) is 4.98 Å². The fourth-order valence-electron chi connectivity index (χ4n) is 3.95. The van der Waals surface area contributed by atoms with E-state index in [1.807, 2.05) is 7.05 Å². The number of aryl methyl sites for hydroxylation is 1. The van der Waals surface area contributed by atoms with E-state index in [4.69, 9.17) is 11.5 Å². The van der Waals surface area contributed by atoms with Crippen molar-refractivity contribution in [3.63, 3.8) is 0 Å². The Kier molecular flexibility index (Phi) is 5.36. The second-order valence-electron chi connectivity index (χ2n) is 7.48. The summed E-state index contributed by atoms with van der Waals surface area (Å²) in [5, 5.41) is 8.63. The van der Waals surface area contributed by atoms with Crippen molar-refractivity contribution in [2.24, 2.45) is 18.7 Å². The van der Waals surface area contributed by atoms with Crippen molar-refractivity contribution >= 4 is 39.3 Å². The van der Waals surface area contributed by atoms with Crippen LogP contribution in [0.15, 0.2) is 12.3 Å². The van der Waals surface area contributed by atoms with Crippen LogP contribution in [0.2, 0.25) is 0 Å². The van der Waals surface area contributed by atoms with E-state index in [0.717, 1.165) is 62.6 Å². The van der Waals surface area contributed by atoms with E-state index in [0.29, 0.717) is 22.3 Å². The number of rotatable bonds is 5. The number of hydrogen-bond donors (Lipinski definition) is 3. The minimum Gasteiger partial charge on any atom is -0.389 e. The molecular formula is C19H27N7OS. The van der Waals surface area contributed by atoms with Gasteiger partial charge < -0.3 is 21.7 Å². The molecule has 0 radical (unpaired) electrons. The molecule has 1 aliphatic heterocycles. The van der Waals surface area contributed by atoms with Gasteiger partial charge in [0.25, 0.3) is 5.91 Å². The van der Waals surface area contributed by atoms with E-state index in [-0.39, 0.29) is 5.91 Å². The maximum atomic E-state index is 12.9. The molecule has 9 heteroatoms. The third-order valence-corrected chi connectivity index (χ3v) is 6.55. The standard InChI is InChI=1S/C19H27N7OS/c1-25-19(26-8-6-12(10-20)7-9-26)14(11-22-25)23-17(27)15-16(21)28-18(24-15)13-4-2-3-5-13/h4,11-12H,2-3,5-10,20-21H2,1H3,(H,23,27). The SMILES string of the molecule is Cn1ncc(NC(=O)c2nc(C3=CCCC3)sc2N)c1N1CCC(CN)CC1. The van der Waals surface area contributed by atoms with Crippen LogP contribution in [0.1, 0.15) is 47.6 Å². The lowest BCUT2D eigenvalue weighted by molar-refractivity contribution is 0.102. The summed E-state index contributed by atoms with van der Waals surface area (Å²) >= 11 is 1.39. The van der Waals surface area contributed by atoms with Crippen molar-refractivity contribution in [3.05, 3.63) is 23.0 Å². The van der Waals surface area contributed by atoms with Crippen molar-refractivity contribution in [3.8, 4) is 0 Å². The zero-order valence-electron chi connectivity index (χ0n) is 16.1. The van der Waals surface area contributed by atoms with Crippen LogP contribution in [0, 0.1) is 5.92 Å². The van der Waals surface area contributed by atoms with E-state index in [1.165, 1.54) is 16.9 Å². The van der Waals surface area contributed by atoms with Gasteiger partial charge in [0, 0.05) is 20.1 Å². The molecule has 1 aliphatic carbocycles. The zero-order valence-corrected chi connectivity index (χ0v) is 17.0. The monoisotopic (exact) mass is 401 g/mol. The number of hydrogen-bond acceptors (Lipinski definition) is 7. The van der Waals surface area contributed by atoms with E-state index in [9.17, 15) is 4.79 Å². The lowest BCUT2D eigenvalue weighted by Gasteiger charge is -2.33. The molecule has 2 aromatic rings. The van der Waals surface area contributed by atoms with E-state index >= 15 is 0 Å². The molecule has 0 spiro atoms. The highest BCUT2D eigenvalue weighted by atomic mass is 32.1. The maximum absolute atomic E-state index is 12.9. The predicted octanol–water partition coefficient (Wildman–Crippen LogP) is 2.45. The third kappa shape index (κ3) is 3.64. The molecule has 2 aromatic heterocycles. The lowest BCUT2D eigenvalue weighted by Crippen LogP contribution is -2.37. The molecule has 5 N–H and O–H groups in total. The van der Waals surface area contributed by atoms with Gasteiger partial charge in [-0.1, -0.05) is 17.4 Å². The van der Waals surface area contributed by atoms with Crippen molar-refractivity contribution in [2.75, 3.05) is 35.6 Å². The fraction of sp³-hybridized carbons (Fsp3) is 0.526. The Balaban J connectivity index is 1.51. The van der Waals surface area contributed by atoms with Gasteiger partial charge in [-0.05, 0) is 50.1 Å². The number of anilines is 3. The molecule has 0 atom stereocenters. The molecular weight excluding hydrogens is 374 g/mol. The maximum Gasteiger partial charge on any atom is 0.277 e. The number of nitrogens with two attached hydrogens (primary N) is 2. The first-order valence-electron chi connectivity index (χ1n) is 9.81. The van der Waals surface area contributed by atoms with Crippen molar-refractivity contribution in [2.45, 2.75) is 32.1 Å². The first kappa shape index (κ1) is 18.9. The van der Waals surface area contributed by atoms with Gasteiger partial charge >= 0.3 is 0 Å². The molecule has 1 saturated heterocycles. The first-order valence-corrected chi connectivity index (χ1v) is 10.6. The van der Waals surface area contributed by atoms with Gasteiger partial charge in [0.2, 0.25) is 0 Å². The van der Waals surface area contributed by atoms with Crippen LogP contribution < -0.4 is 21.7 Å². The number of aromatic nitrogens is 3. The summed E-state index contributed by atoms with van der Waals surface area (Å²) in [5.74, 6) is 1.20. The Labute approximate surface area is 168 Å². The molecule has 4 rings (SSSR count). The van der Waals surface area contributed by atoms with Gasteiger partial charge in [-0.3, -0.25) is 9.48 Å². The predicted molar refractivity (Wildman–Crippen MR) is 114 cm³/mol. The molecule has 1 fully saturated rings. The number of amides is 1. The summed E-state index contributed by atoms with van der Waals surface area (Å²) in [6, 6.07) is 0. The van der Waals surface area contributed by atoms with Crippen molar-refractivity contribution in [1.29, 1.82) is 0 Å². The van der Waals surface area contributed by atoms with Crippen LogP contribution in [0.4, 0.5) is 16.5 Å². The molecule has 0 saturated carbocycles. The topological polar surface area (TPSA) is 115 Å². The van der Waals surface area contributed by atoms with Crippen LogP contribution in [0.3, 0.4) is 0 Å². The van der Waals surface area contributed by atoms with Crippen LogP contribution >= 0.6 is 11.3 Å². The summed E-state index contributed by atoms with van der Waals surface area (Å²) in [4.78, 5) is 19.6. The second-order valence-corrected chi connectivity index (χ2v) is 8.51. The second kappa shape index (κ2) is 7.92. The smallest absolute Gasteiger partial charge is 0.277 e. The van der Waals surface area contributed by atoms with Gasteiger partial charge in [0.1, 0.15) is 15.7 Å². The van der Waals surface area contributed by atoms with Gasteiger partial charge in [-0.15, -0.1) is 0 Å². The molecule has 1 amide bonds. The van der Waals surface area contributed by atoms with Crippen molar-refractivity contribution in [1.82, 2.24) is 14.8 Å². The number of thiazole rings is 1. The Hall–Kier alpha value is -2.39. The molecule has 0 unspecified atom stereocenters. The number of allylic oxidation sites excluding steroid dienone is 2. The zero-order chi connectivity index (χ0) is 19.7. The lowest BCUT2D eigenvalue weighted by atomic mass is 9.97. The normalized spacial score (nSPS) is 17.8. The molecule has 28 heavy (non-hydrogen) atoms. The van der Waals surface area contributed by atoms with Crippen LogP contribution in [0.5, 0.6) is 0 Å². The van der Waals surface area contributed by atoms with Crippen molar-refractivity contribution < 1.29 is 4.79 Å². The summed E-state index contributed by atoms with van der Waals surface area (Å²) < 4.78 is 1.80. The summed E-state index contributed by atoms with van der Waals surface area (Å²) in [7, 11) is 1.89. The highest BCUT2D eigenvalue weighted by Crippen LogP contribution is 2.34. The highest BCUT2D eigenvalue weighted by Gasteiger charge is 2.25. The Morgan fingerprint density at radius 3 is 2.86 bits per heavy atom. The first-order chi connectivity index (χ1) is 13.6. The fourth-order valence-corrected chi connectivity index (χ4v) is 4.85. The molecule has 150 valence electrons. The Morgan fingerprint density at radius 1 is 1.39 bits per heavy atom. The summed E-state index contributed by atoms with van der Waals surface area (Å²) in [6.45, 7) is 2.54. The molecule has 8 nitrogen and oxygen atoms in total. The van der Waals surface area contributed by atoms with E-state index in [2.05, 4.69) is 26.4 Å². The largest absolute Gasteiger partial charge is 0.389 e. The van der Waals surface area contributed by atoms with Crippen LogP contribution in [-0.2, 0) is 7.05 Å². The molecule has 0 aromatic carbocycles. The van der Waals surface area contributed by atoms with Crippen LogP contribution in [0.25, 0.3) is 5.57 Å². The molecule has 3 heterocycles.